The smallest absolute Gasteiger partial charge is 0.271 e. The molecule has 1 amide bonds. The Morgan fingerprint density at radius 1 is 1.22 bits per heavy atom. The van der Waals surface area contributed by atoms with Gasteiger partial charge in [-0.1, -0.05) is 6.92 Å². The average Bonchev–Trinajstić information content (AvgIpc) is 2.56. The van der Waals surface area contributed by atoms with Gasteiger partial charge in [-0.2, -0.15) is 5.10 Å². The third-order valence-electron chi connectivity index (χ3n) is 3.24. The molecule has 0 unspecified atom stereocenters. The van der Waals surface area contributed by atoms with E-state index in [-0.39, 0.29) is 11.7 Å². The van der Waals surface area contributed by atoms with Gasteiger partial charge in [-0.25, -0.2) is 5.43 Å². The van der Waals surface area contributed by atoms with Crippen molar-refractivity contribution in [1.82, 2.24) is 5.43 Å². The zero-order valence-corrected chi connectivity index (χ0v) is 15.0. The van der Waals surface area contributed by atoms with Crippen molar-refractivity contribution < 1.29 is 14.6 Å². The maximum Gasteiger partial charge on any atom is 0.271 e. The van der Waals surface area contributed by atoms with Crippen LogP contribution in [0, 0.1) is 3.57 Å². The van der Waals surface area contributed by atoms with Crippen LogP contribution in [0.2, 0.25) is 0 Å². The van der Waals surface area contributed by atoms with Crippen LogP contribution in [0.3, 0.4) is 0 Å². The van der Waals surface area contributed by atoms with E-state index in [0.717, 1.165) is 20.6 Å². The van der Waals surface area contributed by atoms with Gasteiger partial charge >= 0.3 is 0 Å². The Kier molecular flexibility index (Phi) is 5.97. The minimum absolute atomic E-state index is 0.195. The number of hydrazone groups is 1. The van der Waals surface area contributed by atoms with Gasteiger partial charge in [-0.3, -0.25) is 4.79 Å². The van der Waals surface area contributed by atoms with E-state index >= 15 is 0 Å². The molecule has 0 saturated heterocycles. The Labute approximate surface area is 148 Å². The molecule has 0 atom stereocenters. The van der Waals surface area contributed by atoms with Crippen molar-refractivity contribution in [3.8, 4) is 11.5 Å². The Bertz CT molecular complexity index is 727. The first-order valence-electron chi connectivity index (χ1n) is 7.05. The minimum atomic E-state index is -0.282. The highest BCUT2D eigenvalue weighted by molar-refractivity contribution is 14.1. The number of carbonyl (C=O) groups excluding carboxylic acids is 1. The summed E-state index contributed by atoms with van der Waals surface area (Å²) in [5.74, 6) is 0.639. The maximum absolute atomic E-state index is 12.2. The van der Waals surface area contributed by atoms with Crippen LogP contribution >= 0.6 is 22.6 Å². The molecule has 0 saturated carbocycles. The Morgan fingerprint density at radius 2 is 1.87 bits per heavy atom. The average molecular weight is 424 g/mol. The normalized spacial score (nSPS) is 11.2. The first-order valence-corrected chi connectivity index (χ1v) is 8.13. The van der Waals surface area contributed by atoms with Gasteiger partial charge in [-0.15, -0.1) is 0 Å². The number of methoxy groups -OCH3 is 1. The lowest BCUT2D eigenvalue weighted by molar-refractivity contribution is 0.0954. The second-order valence-corrected chi connectivity index (χ2v) is 5.91. The number of rotatable bonds is 5. The van der Waals surface area contributed by atoms with Gasteiger partial charge in [-0.05, 0) is 77.0 Å². The number of hydrogen-bond acceptors (Lipinski definition) is 4. The first kappa shape index (κ1) is 17.3. The summed E-state index contributed by atoms with van der Waals surface area (Å²) in [4.78, 5) is 12.2. The zero-order chi connectivity index (χ0) is 16.8. The van der Waals surface area contributed by atoms with Crippen molar-refractivity contribution in [3.63, 3.8) is 0 Å². The highest BCUT2D eigenvalue weighted by Gasteiger charge is 2.09. The molecule has 0 spiro atoms. The van der Waals surface area contributed by atoms with Crippen LogP contribution < -0.4 is 10.2 Å². The van der Waals surface area contributed by atoms with E-state index in [1.54, 1.807) is 49.6 Å². The number of aromatic hydroxyl groups is 1. The summed E-state index contributed by atoms with van der Waals surface area (Å²) in [5.41, 5.74) is 4.68. The lowest BCUT2D eigenvalue weighted by atomic mass is 10.1. The van der Waals surface area contributed by atoms with Crippen LogP contribution in [0.25, 0.3) is 0 Å². The molecule has 0 heterocycles. The fourth-order valence-electron chi connectivity index (χ4n) is 1.99. The highest BCUT2D eigenvalue weighted by Crippen LogP contribution is 2.21. The lowest BCUT2D eigenvalue weighted by Gasteiger charge is -2.07. The Hall–Kier alpha value is -2.09. The van der Waals surface area contributed by atoms with Crippen LogP contribution in [0.15, 0.2) is 47.6 Å². The third kappa shape index (κ3) is 4.44. The number of amides is 1. The van der Waals surface area contributed by atoms with Gasteiger partial charge < -0.3 is 9.84 Å². The largest absolute Gasteiger partial charge is 0.508 e. The molecule has 0 aliphatic heterocycles. The quantitative estimate of drug-likeness (QED) is 0.438. The Morgan fingerprint density at radius 3 is 2.43 bits per heavy atom. The number of carbonyl (C=O) groups is 1. The fraction of sp³-hybridized carbons (Fsp3) is 0.176. The van der Waals surface area contributed by atoms with Crippen molar-refractivity contribution in [2.45, 2.75) is 13.3 Å². The second-order valence-electron chi connectivity index (χ2n) is 4.75. The number of nitrogens with zero attached hydrogens (tertiary/aromatic N) is 1. The van der Waals surface area contributed by atoms with Gasteiger partial charge in [0.1, 0.15) is 11.5 Å². The third-order valence-corrected chi connectivity index (χ3v) is 4.08. The van der Waals surface area contributed by atoms with E-state index in [1.807, 2.05) is 6.92 Å². The monoisotopic (exact) mass is 424 g/mol. The number of halogens is 1. The molecular formula is C17H17IN2O3. The maximum atomic E-state index is 12.2. The SMILES string of the molecule is CC/C(=N\NC(=O)c1ccc(OC)c(I)c1)c1ccc(O)cc1. The van der Waals surface area contributed by atoms with Crippen LogP contribution in [-0.2, 0) is 0 Å². The Balaban J connectivity index is 2.15. The fourth-order valence-corrected chi connectivity index (χ4v) is 2.73. The van der Waals surface area contributed by atoms with Crippen molar-refractivity contribution in [2.75, 3.05) is 7.11 Å². The van der Waals surface area contributed by atoms with E-state index < -0.39 is 0 Å². The van der Waals surface area contributed by atoms with Crippen molar-refractivity contribution in [2.24, 2.45) is 5.10 Å². The zero-order valence-electron chi connectivity index (χ0n) is 12.8. The second kappa shape index (κ2) is 7.96. The molecular weight excluding hydrogens is 407 g/mol. The number of nitrogens with one attached hydrogen (secondary N) is 1. The van der Waals surface area contributed by atoms with E-state index in [9.17, 15) is 9.90 Å². The molecule has 0 radical (unpaired) electrons. The number of ether oxygens (including phenoxy) is 1. The molecule has 2 N–H and O–H groups in total. The summed E-state index contributed by atoms with van der Waals surface area (Å²) in [6, 6.07) is 11.9. The number of benzene rings is 2. The van der Waals surface area contributed by atoms with Gasteiger partial charge in [0.25, 0.3) is 5.91 Å². The topological polar surface area (TPSA) is 70.9 Å². The predicted molar refractivity (Wildman–Crippen MR) is 98.1 cm³/mol. The molecule has 0 fully saturated rings. The molecule has 2 aromatic carbocycles. The first-order chi connectivity index (χ1) is 11.0. The van der Waals surface area contributed by atoms with Gasteiger partial charge in [0, 0.05) is 5.56 Å². The highest BCUT2D eigenvalue weighted by atomic mass is 127. The lowest BCUT2D eigenvalue weighted by Crippen LogP contribution is -2.20. The molecule has 0 aromatic heterocycles. The van der Waals surface area contributed by atoms with Crippen molar-refractivity contribution >= 4 is 34.2 Å². The van der Waals surface area contributed by atoms with Crippen LogP contribution in [-0.4, -0.2) is 23.8 Å². The van der Waals surface area contributed by atoms with E-state index in [0.29, 0.717) is 12.0 Å². The van der Waals surface area contributed by atoms with Gasteiger partial charge in [0.05, 0.1) is 16.4 Å². The molecule has 0 aliphatic carbocycles. The van der Waals surface area contributed by atoms with Gasteiger partial charge in [0.2, 0.25) is 0 Å². The van der Waals surface area contributed by atoms with Crippen molar-refractivity contribution in [1.29, 1.82) is 0 Å². The molecule has 23 heavy (non-hydrogen) atoms. The van der Waals surface area contributed by atoms with Crippen molar-refractivity contribution in [3.05, 3.63) is 57.2 Å². The van der Waals surface area contributed by atoms with Crippen LogP contribution in [0.4, 0.5) is 0 Å². The summed E-state index contributed by atoms with van der Waals surface area (Å²) >= 11 is 2.12. The summed E-state index contributed by atoms with van der Waals surface area (Å²) in [7, 11) is 1.59. The van der Waals surface area contributed by atoms with E-state index in [2.05, 4.69) is 33.1 Å². The summed E-state index contributed by atoms with van der Waals surface area (Å²) in [5, 5.41) is 13.5. The number of phenols is 1. The number of hydrogen-bond donors (Lipinski definition) is 2. The summed E-state index contributed by atoms with van der Waals surface area (Å²) in [6.07, 6.45) is 0.658. The van der Waals surface area contributed by atoms with Crippen LogP contribution in [0.5, 0.6) is 11.5 Å². The molecule has 0 bridgehead atoms. The standard InChI is InChI=1S/C17H17IN2O3/c1-3-15(11-4-7-13(21)8-5-11)19-20-17(22)12-6-9-16(23-2)14(18)10-12/h4-10,21H,3H2,1-2H3,(H,20,22)/b19-15+. The minimum Gasteiger partial charge on any atom is -0.508 e. The molecule has 2 aromatic rings. The summed E-state index contributed by atoms with van der Waals surface area (Å²) in [6.45, 7) is 1.95. The molecule has 0 aliphatic rings. The molecule has 5 nitrogen and oxygen atoms in total. The predicted octanol–water partition coefficient (Wildman–Crippen LogP) is 3.55. The van der Waals surface area contributed by atoms with E-state index in [1.165, 1.54) is 0 Å². The molecule has 120 valence electrons. The molecule has 2 rings (SSSR count). The summed E-state index contributed by atoms with van der Waals surface area (Å²) < 4.78 is 6.03. The van der Waals surface area contributed by atoms with Gasteiger partial charge in [0.15, 0.2) is 0 Å². The van der Waals surface area contributed by atoms with E-state index in [4.69, 9.17) is 4.74 Å². The van der Waals surface area contributed by atoms with Crippen LogP contribution in [0.1, 0.15) is 29.3 Å². The molecule has 6 heteroatoms. The number of phenolic OH excluding ortho intramolecular Hbond substituents is 1.